The summed E-state index contributed by atoms with van der Waals surface area (Å²) in [6.45, 7) is 3.74. The van der Waals surface area contributed by atoms with Crippen LogP contribution < -0.4 is 5.73 Å². The molecule has 0 aliphatic rings. The lowest BCUT2D eigenvalue weighted by Crippen LogP contribution is -2.27. The summed E-state index contributed by atoms with van der Waals surface area (Å²) in [5.74, 6) is 2.00. The smallest absolute Gasteiger partial charge is 0.221 e. The van der Waals surface area contributed by atoms with Crippen molar-refractivity contribution >= 4 is 5.91 Å². The van der Waals surface area contributed by atoms with Gasteiger partial charge in [-0.05, 0) is 6.42 Å². The molecule has 0 radical (unpaired) electrons. The van der Waals surface area contributed by atoms with Crippen molar-refractivity contribution in [2.75, 3.05) is 0 Å². The molecule has 2 nitrogen and oxygen atoms in total. The number of terminal acetylenes is 1. The van der Waals surface area contributed by atoms with Crippen LogP contribution in [-0.2, 0) is 4.79 Å². The molecule has 0 aromatic carbocycles. The molecule has 56 valence electrons. The van der Waals surface area contributed by atoms with Crippen molar-refractivity contribution in [2.24, 2.45) is 17.6 Å². The number of rotatable bonds is 3. The minimum atomic E-state index is -0.298. The van der Waals surface area contributed by atoms with Gasteiger partial charge in [0.2, 0.25) is 5.91 Å². The van der Waals surface area contributed by atoms with E-state index < -0.39 is 0 Å². The van der Waals surface area contributed by atoms with Crippen molar-refractivity contribution in [1.82, 2.24) is 0 Å². The Morgan fingerprint density at radius 2 is 2.30 bits per heavy atom. The quantitative estimate of drug-likeness (QED) is 0.576. The number of hydrogen-bond donors (Lipinski definition) is 1. The van der Waals surface area contributed by atoms with Gasteiger partial charge in [0, 0.05) is 5.92 Å². The van der Waals surface area contributed by atoms with Gasteiger partial charge in [0.05, 0.1) is 5.92 Å². The zero-order chi connectivity index (χ0) is 8.15. The van der Waals surface area contributed by atoms with Gasteiger partial charge >= 0.3 is 0 Å². The predicted octanol–water partition coefficient (Wildman–Crippen LogP) is 0.767. The summed E-state index contributed by atoms with van der Waals surface area (Å²) < 4.78 is 0. The average Bonchev–Trinajstić information content (AvgIpc) is 1.88. The number of carbonyl (C=O) groups excluding carboxylic acids is 1. The minimum absolute atomic E-state index is 0.0394. The highest BCUT2D eigenvalue weighted by Crippen LogP contribution is 2.13. The molecule has 0 aliphatic carbocycles. The van der Waals surface area contributed by atoms with Crippen molar-refractivity contribution in [3.8, 4) is 12.3 Å². The van der Waals surface area contributed by atoms with Crippen LogP contribution >= 0.6 is 0 Å². The molecule has 0 aromatic rings. The van der Waals surface area contributed by atoms with Crippen LogP contribution in [0.4, 0.5) is 0 Å². The number of hydrogen-bond acceptors (Lipinski definition) is 1. The Morgan fingerprint density at radius 3 is 2.40 bits per heavy atom. The van der Waals surface area contributed by atoms with Crippen molar-refractivity contribution in [3.05, 3.63) is 0 Å². The van der Waals surface area contributed by atoms with Gasteiger partial charge in [0.25, 0.3) is 0 Å². The summed E-state index contributed by atoms with van der Waals surface area (Å²) in [5, 5.41) is 0. The molecule has 0 aliphatic heterocycles. The standard InChI is InChI=1S/C8H13NO/c1-4-6(3)7(5-2)8(9)10/h1,6-7H,5H2,2-3H3,(H2,9,10)/t6-,7+/m1/s1. The van der Waals surface area contributed by atoms with Crippen LogP contribution in [0, 0.1) is 24.2 Å². The fourth-order valence-corrected chi connectivity index (χ4v) is 0.917. The van der Waals surface area contributed by atoms with Crippen molar-refractivity contribution < 1.29 is 4.79 Å². The third kappa shape index (κ3) is 2.10. The number of carbonyl (C=O) groups is 1. The Labute approximate surface area is 61.8 Å². The fourth-order valence-electron chi connectivity index (χ4n) is 0.917. The second-order valence-corrected chi connectivity index (χ2v) is 2.37. The molecule has 0 heterocycles. The van der Waals surface area contributed by atoms with Crippen molar-refractivity contribution in [2.45, 2.75) is 20.3 Å². The van der Waals surface area contributed by atoms with Gasteiger partial charge in [-0.2, -0.15) is 0 Å². The van der Waals surface area contributed by atoms with Crippen LogP contribution in [0.5, 0.6) is 0 Å². The van der Waals surface area contributed by atoms with E-state index in [1.165, 1.54) is 0 Å². The maximum atomic E-state index is 10.7. The zero-order valence-electron chi connectivity index (χ0n) is 6.42. The second kappa shape index (κ2) is 3.94. The van der Waals surface area contributed by atoms with E-state index >= 15 is 0 Å². The van der Waals surface area contributed by atoms with Crippen molar-refractivity contribution in [1.29, 1.82) is 0 Å². The highest BCUT2D eigenvalue weighted by molar-refractivity contribution is 5.77. The molecule has 0 fully saturated rings. The third-order valence-corrected chi connectivity index (χ3v) is 1.67. The van der Waals surface area contributed by atoms with Gasteiger partial charge in [-0.1, -0.05) is 13.8 Å². The Bertz CT molecular complexity index is 157. The van der Waals surface area contributed by atoms with E-state index in [0.29, 0.717) is 0 Å². The molecule has 0 spiro atoms. The highest BCUT2D eigenvalue weighted by Gasteiger charge is 2.18. The summed E-state index contributed by atoms with van der Waals surface area (Å²) in [7, 11) is 0. The maximum absolute atomic E-state index is 10.7. The van der Waals surface area contributed by atoms with Gasteiger partial charge in [-0.15, -0.1) is 12.3 Å². The number of amides is 1. The first-order chi connectivity index (χ1) is 4.63. The van der Waals surface area contributed by atoms with Crippen LogP contribution in [0.15, 0.2) is 0 Å². The van der Waals surface area contributed by atoms with Crippen LogP contribution in [0.1, 0.15) is 20.3 Å². The Hall–Kier alpha value is -0.970. The molecule has 2 atom stereocenters. The molecule has 0 saturated carbocycles. The molecule has 0 aromatic heterocycles. The minimum Gasteiger partial charge on any atom is -0.369 e. The second-order valence-electron chi connectivity index (χ2n) is 2.37. The summed E-state index contributed by atoms with van der Waals surface area (Å²) in [6, 6.07) is 0. The average molecular weight is 139 g/mol. The Morgan fingerprint density at radius 1 is 1.80 bits per heavy atom. The predicted molar refractivity (Wildman–Crippen MR) is 41.0 cm³/mol. The largest absolute Gasteiger partial charge is 0.369 e. The molecular weight excluding hydrogens is 126 g/mol. The normalized spacial score (nSPS) is 15.3. The van der Waals surface area contributed by atoms with Crippen LogP contribution in [0.3, 0.4) is 0 Å². The third-order valence-electron chi connectivity index (χ3n) is 1.67. The fraction of sp³-hybridized carbons (Fsp3) is 0.625. The molecule has 0 bridgehead atoms. The van der Waals surface area contributed by atoms with Gasteiger partial charge in [0.15, 0.2) is 0 Å². The molecule has 10 heavy (non-hydrogen) atoms. The summed E-state index contributed by atoms with van der Waals surface area (Å²) in [4.78, 5) is 10.7. The lowest BCUT2D eigenvalue weighted by molar-refractivity contribution is -0.122. The molecule has 2 heteroatoms. The summed E-state index contributed by atoms with van der Waals surface area (Å²) in [6.07, 6.45) is 5.85. The Balaban J connectivity index is 4.09. The van der Waals surface area contributed by atoms with Gasteiger partial charge in [-0.25, -0.2) is 0 Å². The van der Waals surface area contributed by atoms with Crippen LogP contribution in [0.2, 0.25) is 0 Å². The number of nitrogens with two attached hydrogens (primary N) is 1. The molecule has 1 amide bonds. The number of primary amides is 1. The topological polar surface area (TPSA) is 43.1 Å². The van der Waals surface area contributed by atoms with E-state index in [9.17, 15) is 4.79 Å². The van der Waals surface area contributed by atoms with E-state index in [4.69, 9.17) is 12.2 Å². The van der Waals surface area contributed by atoms with E-state index in [0.717, 1.165) is 6.42 Å². The summed E-state index contributed by atoms with van der Waals surface area (Å²) >= 11 is 0. The summed E-state index contributed by atoms with van der Waals surface area (Å²) in [5.41, 5.74) is 5.09. The van der Waals surface area contributed by atoms with Gasteiger partial charge < -0.3 is 5.73 Å². The monoisotopic (exact) mass is 139 g/mol. The molecule has 0 rings (SSSR count). The van der Waals surface area contributed by atoms with E-state index in [2.05, 4.69) is 5.92 Å². The molecule has 0 saturated heterocycles. The van der Waals surface area contributed by atoms with E-state index in [1.54, 1.807) is 0 Å². The van der Waals surface area contributed by atoms with Crippen molar-refractivity contribution in [3.63, 3.8) is 0 Å². The first-order valence-electron chi connectivity index (χ1n) is 3.38. The lowest BCUT2D eigenvalue weighted by atomic mass is 9.92. The van der Waals surface area contributed by atoms with Crippen LogP contribution in [-0.4, -0.2) is 5.91 Å². The zero-order valence-corrected chi connectivity index (χ0v) is 6.42. The first-order valence-corrected chi connectivity index (χ1v) is 3.38. The van der Waals surface area contributed by atoms with E-state index in [-0.39, 0.29) is 17.7 Å². The van der Waals surface area contributed by atoms with Crippen LogP contribution in [0.25, 0.3) is 0 Å². The molecule has 2 N–H and O–H groups in total. The van der Waals surface area contributed by atoms with Gasteiger partial charge in [0.1, 0.15) is 0 Å². The van der Waals surface area contributed by atoms with E-state index in [1.807, 2.05) is 13.8 Å². The highest BCUT2D eigenvalue weighted by atomic mass is 16.1. The molecule has 0 unspecified atom stereocenters. The first kappa shape index (κ1) is 9.03. The molecular formula is C8H13NO. The van der Waals surface area contributed by atoms with Gasteiger partial charge in [-0.3, -0.25) is 4.79 Å². The SMILES string of the molecule is C#C[C@@H](C)[C@H](CC)C(N)=O. The Kier molecular flexibility index (Phi) is 3.56. The maximum Gasteiger partial charge on any atom is 0.221 e. The lowest BCUT2D eigenvalue weighted by Gasteiger charge is -2.12.